The van der Waals surface area contributed by atoms with Crippen molar-refractivity contribution in [3.05, 3.63) is 23.8 Å². The number of carbonyl (C=O) groups is 2. The number of carboxylic acid groups (broad SMARTS) is 1. The number of benzene rings is 1. The molecule has 3 N–H and O–H groups in total. The fourth-order valence-corrected chi connectivity index (χ4v) is 3.45. The lowest BCUT2D eigenvalue weighted by atomic mass is 9.86. The number of likely N-dealkylation sites (N-methyl/N-ethyl adjacent to an activating group) is 1. The summed E-state index contributed by atoms with van der Waals surface area (Å²) in [5.41, 5.74) is 3.27. The average Bonchev–Trinajstić information content (AvgIpc) is 2.89. The summed E-state index contributed by atoms with van der Waals surface area (Å²) in [6, 6.07) is 5.83. The first kappa shape index (κ1) is 15.6. The Kier molecular flexibility index (Phi) is 4.41. The van der Waals surface area contributed by atoms with Crippen LogP contribution in [0.4, 0.5) is 16.2 Å². The molecular formula is C17H23N3O3. The third-order valence-corrected chi connectivity index (χ3v) is 4.88. The zero-order valence-electron chi connectivity index (χ0n) is 13.3. The van der Waals surface area contributed by atoms with Gasteiger partial charge in [0.15, 0.2) is 0 Å². The second-order valence-electron chi connectivity index (χ2n) is 6.50. The minimum Gasteiger partial charge on any atom is -0.481 e. The molecule has 0 atom stereocenters. The average molecular weight is 317 g/mol. The van der Waals surface area contributed by atoms with E-state index in [1.165, 1.54) is 11.3 Å². The summed E-state index contributed by atoms with van der Waals surface area (Å²) in [6.45, 7) is 1.01. The third-order valence-electron chi connectivity index (χ3n) is 4.88. The lowest BCUT2D eigenvalue weighted by Gasteiger charge is -2.26. The first-order valence-electron chi connectivity index (χ1n) is 8.17. The van der Waals surface area contributed by atoms with Crippen LogP contribution in [0.5, 0.6) is 0 Å². The standard InChI is InChI=1S/C17H23N3O3/c1-20-9-8-11-2-7-14(10-15(11)20)19-17(23)18-13-5-3-12(4-6-13)16(21)22/h2,7,10,12-13H,3-6,8-9H2,1H3,(H,21,22)(H2,18,19,23). The highest BCUT2D eigenvalue weighted by Crippen LogP contribution is 2.29. The molecule has 2 aliphatic rings. The Labute approximate surface area is 135 Å². The van der Waals surface area contributed by atoms with Crippen molar-refractivity contribution in [2.24, 2.45) is 5.92 Å². The number of fused-ring (bicyclic) bond motifs is 1. The van der Waals surface area contributed by atoms with Crippen LogP contribution in [-0.4, -0.2) is 36.7 Å². The first-order valence-corrected chi connectivity index (χ1v) is 8.17. The van der Waals surface area contributed by atoms with Crippen molar-refractivity contribution in [1.29, 1.82) is 0 Å². The van der Waals surface area contributed by atoms with Crippen molar-refractivity contribution in [2.45, 2.75) is 38.1 Å². The van der Waals surface area contributed by atoms with Crippen LogP contribution in [0.1, 0.15) is 31.2 Å². The molecule has 124 valence electrons. The van der Waals surface area contributed by atoms with Gasteiger partial charge < -0.3 is 20.6 Å². The van der Waals surface area contributed by atoms with Crippen molar-refractivity contribution < 1.29 is 14.7 Å². The molecule has 3 rings (SSSR count). The van der Waals surface area contributed by atoms with Gasteiger partial charge in [-0.15, -0.1) is 0 Å². The van der Waals surface area contributed by atoms with Crippen molar-refractivity contribution in [3.63, 3.8) is 0 Å². The number of hydrogen-bond donors (Lipinski definition) is 3. The third kappa shape index (κ3) is 3.57. The maximum atomic E-state index is 12.1. The lowest BCUT2D eigenvalue weighted by Crippen LogP contribution is -2.41. The zero-order valence-corrected chi connectivity index (χ0v) is 13.3. The van der Waals surface area contributed by atoms with Gasteiger partial charge in [-0.1, -0.05) is 6.07 Å². The highest BCUT2D eigenvalue weighted by molar-refractivity contribution is 5.90. The van der Waals surface area contributed by atoms with Crippen molar-refractivity contribution in [2.75, 3.05) is 23.8 Å². The first-order chi connectivity index (χ1) is 11.0. The Balaban J connectivity index is 1.52. The van der Waals surface area contributed by atoms with Crippen LogP contribution in [-0.2, 0) is 11.2 Å². The molecule has 1 aliphatic heterocycles. The summed E-state index contributed by atoms with van der Waals surface area (Å²) >= 11 is 0. The number of amides is 2. The second kappa shape index (κ2) is 6.48. The van der Waals surface area contributed by atoms with E-state index < -0.39 is 5.97 Å². The van der Waals surface area contributed by atoms with Crippen molar-refractivity contribution in [3.8, 4) is 0 Å². The molecule has 1 aromatic carbocycles. The number of nitrogens with zero attached hydrogens (tertiary/aromatic N) is 1. The summed E-state index contributed by atoms with van der Waals surface area (Å²) in [7, 11) is 2.05. The van der Waals surface area contributed by atoms with E-state index in [1.54, 1.807) is 0 Å². The Morgan fingerprint density at radius 2 is 1.96 bits per heavy atom. The SMILES string of the molecule is CN1CCc2ccc(NC(=O)NC3CCC(C(=O)O)CC3)cc21. The molecule has 1 fully saturated rings. The minimum atomic E-state index is -0.727. The molecule has 2 amide bonds. The van der Waals surface area contributed by atoms with Gasteiger partial charge in [-0.05, 0) is 49.8 Å². The van der Waals surface area contributed by atoms with Gasteiger partial charge in [0.1, 0.15) is 0 Å². The lowest BCUT2D eigenvalue weighted by molar-refractivity contribution is -0.142. The van der Waals surface area contributed by atoms with E-state index in [0.717, 1.165) is 31.5 Å². The number of hydrogen-bond acceptors (Lipinski definition) is 3. The number of aliphatic carboxylic acids is 1. The van der Waals surface area contributed by atoms with Gasteiger partial charge in [-0.3, -0.25) is 4.79 Å². The van der Waals surface area contributed by atoms with Crippen molar-refractivity contribution in [1.82, 2.24) is 5.32 Å². The molecule has 1 aliphatic carbocycles. The molecule has 6 heteroatoms. The summed E-state index contributed by atoms with van der Waals surface area (Å²) < 4.78 is 0. The molecule has 0 radical (unpaired) electrons. The van der Waals surface area contributed by atoms with Gasteiger partial charge in [0.05, 0.1) is 5.92 Å². The van der Waals surface area contributed by atoms with E-state index >= 15 is 0 Å². The van der Waals surface area contributed by atoms with Crippen LogP contribution >= 0.6 is 0 Å². The molecule has 23 heavy (non-hydrogen) atoms. The Morgan fingerprint density at radius 1 is 1.22 bits per heavy atom. The van der Waals surface area contributed by atoms with E-state index in [0.29, 0.717) is 12.8 Å². The molecular weight excluding hydrogens is 294 g/mol. The van der Waals surface area contributed by atoms with E-state index in [4.69, 9.17) is 5.11 Å². The van der Waals surface area contributed by atoms with Crippen LogP contribution < -0.4 is 15.5 Å². The Bertz CT molecular complexity index is 609. The molecule has 0 aromatic heterocycles. The molecule has 1 aromatic rings. The molecule has 6 nitrogen and oxygen atoms in total. The molecule has 1 heterocycles. The molecule has 1 saturated carbocycles. The van der Waals surface area contributed by atoms with E-state index in [2.05, 4.69) is 28.6 Å². The molecule has 0 unspecified atom stereocenters. The van der Waals surface area contributed by atoms with Crippen LogP contribution in [0.2, 0.25) is 0 Å². The largest absolute Gasteiger partial charge is 0.481 e. The summed E-state index contributed by atoms with van der Waals surface area (Å²) in [6.07, 6.45) is 3.74. The van der Waals surface area contributed by atoms with Crippen LogP contribution in [0, 0.1) is 5.92 Å². The fourth-order valence-electron chi connectivity index (χ4n) is 3.45. The van der Waals surface area contributed by atoms with Crippen LogP contribution in [0.25, 0.3) is 0 Å². The maximum Gasteiger partial charge on any atom is 0.319 e. The Hall–Kier alpha value is -2.24. The quantitative estimate of drug-likeness (QED) is 0.800. The van der Waals surface area contributed by atoms with Crippen molar-refractivity contribution >= 4 is 23.4 Å². The van der Waals surface area contributed by atoms with E-state index in [9.17, 15) is 9.59 Å². The highest BCUT2D eigenvalue weighted by atomic mass is 16.4. The van der Waals surface area contributed by atoms with Crippen LogP contribution in [0.3, 0.4) is 0 Å². The maximum absolute atomic E-state index is 12.1. The number of urea groups is 1. The van der Waals surface area contributed by atoms with Gasteiger partial charge in [0, 0.05) is 31.0 Å². The number of nitrogens with one attached hydrogen (secondary N) is 2. The number of carbonyl (C=O) groups excluding carboxylic acids is 1. The van der Waals surface area contributed by atoms with E-state index in [-0.39, 0.29) is 18.0 Å². The highest BCUT2D eigenvalue weighted by Gasteiger charge is 2.26. The normalized spacial score (nSPS) is 23.3. The Morgan fingerprint density at radius 3 is 2.65 bits per heavy atom. The minimum absolute atomic E-state index is 0.0581. The smallest absolute Gasteiger partial charge is 0.319 e. The summed E-state index contributed by atoms with van der Waals surface area (Å²) in [5, 5.41) is 14.8. The molecule has 0 saturated heterocycles. The van der Waals surface area contributed by atoms with Gasteiger partial charge in [0.2, 0.25) is 0 Å². The fraction of sp³-hybridized carbons (Fsp3) is 0.529. The number of rotatable bonds is 3. The van der Waals surface area contributed by atoms with Crippen LogP contribution in [0.15, 0.2) is 18.2 Å². The summed E-state index contributed by atoms with van der Waals surface area (Å²) in [5.74, 6) is -0.987. The molecule has 0 bridgehead atoms. The predicted molar refractivity (Wildman–Crippen MR) is 89.0 cm³/mol. The van der Waals surface area contributed by atoms with Gasteiger partial charge in [-0.2, -0.15) is 0 Å². The molecule has 0 spiro atoms. The van der Waals surface area contributed by atoms with Gasteiger partial charge in [0.25, 0.3) is 0 Å². The number of carboxylic acids is 1. The van der Waals surface area contributed by atoms with E-state index in [1.807, 2.05) is 12.1 Å². The summed E-state index contributed by atoms with van der Waals surface area (Å²) in [4.78, 5) is 25.3. The predicted octanol–water partition coefficient (Wildman–Crippen LogP) is 2.44. The number of anilines is 2. The second-order valence-corrected chi connectivity index (χ2v) is 6.50. The zero-order chi connectivity index (χ0) is 16.4. The van der Waals surface area contributed by atoms with Gasteiger partial charge in [-0.25, -0.2) is 4.79 Å². The monoisotopic (exact) mass is 317 g/mol. The topological polar surface area (TPSA) is 81.7 Å². The van der Waals surface area contributed by atoms with Gasteiger partial charge >= 0.3 is 12.0 Å².